The van der Waals surface area contributed by atoms with Crippen LogP contribution < -0.4 is 5.32 Å². The largest absolute Gasteiger partial charge is 0.441 e. The molecule has 3 aromatic rings. The first-order valence-electron chi connectivity index (χ1n) is 9.96. The third-order valence-electron chi connectivity index (χ3n) is 5.19. The van der Waals surface area contributed by atoms with Gasteiger partial charge in [0, 0.05) is 38.0 Å². The van der Waals surface area contributed by atoms with Gasteiger partial charge in [0.15, 0.2) is 11.7 Å². The molecule has 1 saturated heterocycles. The zero-order valence-corrected chi connectivity index (χ0v) is 16.2. The van der Waals surface area contributed by atoms with E-state index >= 15 is 0 Å². The quantitative estimate of drug-likeness (QED) is 0.688. The summed E-state index contributed by atoms with van der Waals surface area (Å²) in [6.07, 6.45) is 3.40. The number of rotatable bonds is 6. The van der Waals surface area contributed by atoms with Crippen LogP contribution in [0, 0.1) is 5.82 Å². The lowest BCUT2D eigenvalue weighted by molar-refractivity contribution is -0.134. The molecule has 2 heterocycles. The minimum Gasteiger partial charge on any atom is -0.441 e. The highest BCUT2D eigenvalue weighted by molar-refractivity contribution is 5.77. The van der Waals surface area contributed by atoms with E-state index in [0.29, 0.717) is 38.2 Å². The summed E-state index contributed by atoms with van der Waals surface area (Å²) in [6, 6.07) is 16.2. The lowest BCUT2D eigenvalue weighted by Crippen LogP contribution is -2.48. The second-order valence-electron chi connectivity index (χ2n) is 7.20. The molecule has 0 radical (unpaired) electrons. The van der Waals surface area contributed by atoms with Crippen LogP contribution in [0.4, 0.5) is 4.39 Å². The molecular weight excluding hydrogens is 369 g/mol. The summed E-state index contributed by atoms with van der Waals surface area (Å²) in [7, 11) is 0. The van der Waals surface area contributed by atoms with E-state index in [1.54, 1.807) is 12.3 Å². The third kappa shape index (κ3) is 4.71. The van der Waals surface area contributed by atoms with Crippen molar-refractivity contribution in [2.75, 3.05) is 19.6 Å². The molecule has 0 saturated carbocycles. The molecule has 1 aliphatic rings. The molecule has 4 rings (SSSR count). The van der Waals surface area contributed by atoms with E-state index in [4.69, 9.17) is 4.42 Å². The molecule has 1 atom stereocenters. The Morgan fingerprint density at radius 3 is 2.90 bits per heavy atom. The molecule has 0 aliphatic carbocycles. The van der Waals surface area contributed by atoms with Gasteiger partial charge < -0.3 is 14.6 Å². The predicted octanol–water partition coefficient (Wildman–Crippen LogP) is 3.98. The van der Waals surface area contributed by atoms with Crippen molar-refractivity contribution in [1.82, 2.24) is 15.2 Å². The van der Waals surface area contributed by atoms with Gasteiger partial charge in [0.25, 0.3) is 0 Å². The Balaban J connectivity index is 1.34. The lowest BCUT2D eigenvalue weighted by Gasteiger charge is -2.36. The van der Waals surface area contributed by atoms with Gasteiger partial charge in [-0.2, -0.15) is 0 Å². The first kappa shape index (κ1) is 19.3. The van der Waals surface area contributed by atoms with Crippen molar-refractivity contribution in [3.05, 3.63) is 78.1 Å². The summed E-state index contributed by atoms with van der Waals surface area (Å²) >= 11 is 0. The van der Waals surface area contributed by atoms with Gasteiger partial charge in [-0.05, 0) is 24.1 Å². The Hall–Kier alpha value is -2.99. The summed E-state index contributed by atoms with van der Waals surface area (Å²) in [6.45, 7) is 2.00. The number of hydrogen-bond donors (Lipinski definition) is 1. The van der Waals surface area contributed by atoms with E-state index in [9.17, 15) is 9.18 Å². The van der Waals surface area contributed by atoms with E-state index in [0.717, 1.165) is 23.4 Å². The van der Waals surface area contributed by atoms with E-state index in [2.05, 4.69) is 10.3 Å². The smallest absolute Gasteiger partial charge is 0.223 e. The Morgan fingerprint density at radius 2 is 2.07 bits per heavy atom. The first-order valence-corrected chi connectivity index (χ1v) is 9.96. The van der Waals surface area contributed by atoms with Crippen LogP contribution >= 0.6 is 0 Å². The molecule has 29 heavy (non-hydrogen) atoms. The topological polar surface area (TPSA) is 58.4 Å². The molecular formula is C23H24FN3O2. The molecule has 1 aromatic heterocycles. The van der Waals surface area contributed by atoms with Crippen molar-refractivity contribution >= 4 is 5.91 Å². The van der Waals surface area contributed by atoms with Gasteiger partial charge in [-0.3, -0.25) is 4.79 Å². The van der Waals surface area contributed by atoms with E-state index in [-0.39, 0.29) is 17.8 Å². The standard InChI is InChI=1S/C23H24FN3O2/c24-19-9-4-8-18(14-19)20-15-25-12-13-27(20)23(28)11-5-10-22-26-16-21(29-22)17-6-2-1-3-7-17/h1-4,6-9,14,16,20,25H,5,10-13,15H2. The molecule has 150 valence electrons. The molecule has 0 bridgehead atoms. The first-order chi connectivity index (χ1) is 14.2. The minimum atomic E-state index is -0.279. The fourth-order valence-corrected chi connectivity index (χ4v) is 3.71. The average molecular weight is 393 g/mol. The Labute approximate surface area is 169 Å². The number of amides is 1. The number of carbonyl (C=O) groups excluding carboxylic acids is 1. The highest BCUT2D eigenvalue weighted by Crippen LogP contribution is 2.25. The van der Waals surface area contributed by atoms with Crippen LogP contribution in [0.25, 0.3) is 11.3 Å². The van der Waals surface area contributed by atoms with Crippen LogP contribution in [-0.4, -0.2) is 35.4 Å². The summed E-state index contributed by atoms with van der Waals surface area (Å²) in [5, 5.41) is 3.30. The zero-order valence-electron chi connectivity index (χ0n) is 16.2. The van der Waals surface area contributed by atoms with Gasteiger partial charge in [-0.1, -0.05) is 42.5 Å². The average Bonchev–Trinajstić information content (AvgIpc) is 3.23. The molecule has 2 aromatic carbocycles. The third-order valence-corrected chi connectivity index (χ3v) is 5.19. The van der Waals surface area contributed by atoms with E-state index in [1.807, 2.05) is 41.3 Å². The van der Waals surface area contributed by atoms with E-state index in [1.165, 1.54) is 12.1 Å². The normalized spacial score (nSPS) is 16.7. The summed E-state index contributed by atoms with van der Waals surface area (Å²) in [5.74, 6) is 1.17. The molecule has 1 unspecified atom stereocenters. The van der Waals surface area contributed by atoms with Gasteiger partial charge in [-0.15, -0.1) is 0 Å². The molecule has 1 fully saturated rings. The molecule has 1 N–H and O–H groups in total. The number of oxazole rings is 1. The maximum Gasteiger partial charge on any atom is 0.223 e. The van der Waals surface area contributed by atoms with Gasteiger partial charge in [-0.25, -0.2) is 9.37 Å². The molecule has 0 spiro atoms. The van der Waals surface area contributed by atoms with Crippen LogP contribution in [-0.2, 0) is 11.2 Å². The molecule has 1 amide bonds. The Morgan fingerprint density at radius 1 is 1.21 bits per heavy atom. The SMILES string of the molecule is O=C(CCCc1ncc(-c2ccccc2)o1)N1CCNCC1c1cccc(F)c1. The Bertz CT molecular complexity index is 958. The zero-order chi connectivity index (χ0) is 20.1. The number of nitrogens with one attached hydrogen (secondary N) is 1. The minimum absolute atomic E-state index is 0.0793. The van der Waals surface area contributed by atoms with Gasteiger partial charge in [0.1, 0.15) is 5.82 Å². The van der Waals surface area contributed by atoms with Gasteiger partial charge in [0.2, 0.25) is 5.91 Å². The number of hydrogen-bond acceptors (Lipinski definition) is 4. The summed E-state index contributed by atoms with van der Waals surface area (Å²) in [4.78, 5) is 19.0. The monoisotopic (exact) mass is 393 g/mol. The number of aromatic nitrogens is 1. The number of aryl methyl sites for hydroxylation is 1. The fraction of sp³-hybridized carbons (Fsp3) is 0.304. The number of benzene rings is 2. The van der Waals surface area contributed by atoms with Crippen LogP contribution in [0.1, 0.15) is 30.3 Å². The number of piperazine rings is 1. The van der Waals surface area contributed by atoms with Gasteiger partial charge >= 0.3 is 0 Å². The van der Waals surface area contributed by atoms with Crippen molar-refractivity contribution in [3.63, 3.8) is 0 Å². The summed E-state index contributed by atoms with van der Waals surface area (Å²) in [5.41, 5.74) is 1.81. The van der Waals surface area contributed by atoms with Crippen molar-refractivity contribution in [3.8, 4) is 11.3 Å². The number of nitrogens with zero attached hydrogens (tertiary/aromatic N) is 2. The second-order valence-corrected chi connectivity index (χ2v) is 7.20. The van der Waals surface area contributed by atoms with Crippen molar-refractivity contribution in [2.45, 2.75) is 25.3 Å². The van der Waals surface area contributed by atoms with Crippen molar-refractivity contribution < 1.29 is 13.6 Å². The number of halogens is 1. The maximum atomic E-state index is 13.6. The fourth-order valence-electron chi connectivity index (χ4n) is 3.71. The van der Waals surface area contributed by atoms with Crippen LogP contribution in [0.3, 0.4) is 0 Å². The Kier molecular flexibility index (Phi) is 6.00. The van der Waals surface area contributed by atoms with Crippen LogP contribution in [0.2, 0.25) is 0 Å². The highest BCUT2D eigenvalue weighted by Gasteiger charge is 2.27. The van der Waals surface area contributed by atoms with Crippen molar-refractivity contribution in [1.29, 1.82) is 0 Å². The predicted molar refractivity (Wildman–Crippen MR) is 109 cm³/mol. The van der Waals surface area contributed by atoms with E-state index < -0.39 is 0 Å². The highest BCUT2D eigenvalue weighted by atomic mass is 19.1. The van der Waals surface area contributed by atoms with Crippen molar-refractivity contribution in [2.24, 2.45) is 0 Å². The molecule has 5 nitrogen and oxygen atoms in total. The van der Waals surface area contributed by atoms with Crippen LogP contribution in [0.5, 0.6) is 0 Å². The lowest BCUT2D eigenvalue weighted by atomic mass is 10.0. The maximum absolute atomic E-state index is 13.6. The molecule has 6 heteroatoms. The molecule has 1 aliphatic heterocycles. The van der Waals surface area contributed by atoms with Gasteiger partial charge in [0.05, 0.1) is 12.2 Å². The summed E-state index contributed by atoms with van der Waals surface area (Å²) < 4.78 is 19.4. The second kappa shape index (κ2) is 9.01. The number of carbonyl (C=O) groups is 1. The van der Waals surface area contributed by atoms with Crippen LogP contribution in [0.15, 0.2) is 65.2 Å².